The molecule has 3 fully saturated rings. The molecule has 2 saturated carbocycles. The van der Waals surface area contributed by atoms with Gasteiger partial charge in [-0.25, -0.2) is 9.59 Å². The first kappa shape index (κ1) is 44.3. The van der Waals surface area contributed by atoms with Crippen molar-refractivity contribution in [1.29, 1.82) is 0 Å². The second-order valence-corrected chi connectivity index (χ2v) is 17.5. The lowest BCUT2D eigenvalue weighted by molar-refractivity contribution is -0.283. The van der Waals surface area contributed by atoms with Crippen molar-refractivity contribution in [2.75, 3.05) is 6.54 Å². The van der Waals surface area contributed by atoms with Gasteiger partial charge in [-0.05, 0) is 61.2 Å². The molecular weight excluding hydrogens is 801 g/mol. The monoisotopic (exact) mass is 852 g/mol. The number of carbonyl (C=O) groups excluding carboxylic acids is 6. The molecule has 3 aromatic rings. The fourth-order valence-corrected chi connectivity index (χ4v) is 10.3. The van der Waals surface area contributed by atoms with Crippen molar-refractivity contribution in [1.82, 2.24) is 10.6 Å². The number of rotatable bonds is 10. The molecule has 3 aromatic carbocycles. The molecule has 1 heterocycles. The molecule has 0 spiro atoms. The van der Waals surface area contributed by atoms with Crippen molar-refractivity contribution in [2.24, 2.45) is 16.7 Å². The molecule has 1 saturated heterocycles. The van der Waals surface area contributed by atoms with E-state index in [2.05, 4.69) is 10.6 Å². The summed E-state index contributed by atoms with van der Waals surface area (Å²) in [5.41, 5.74) is -6.77. The van der Waals surface area contributed by atoms with Gasteiger partial charge in [-0.1, -0.05) is 80.6 Å². The number of carbonyl (C=O) groups is 6. The average molecular weight is 853 g/mol. The van der Waals surface area contributed by atoms with Gasteiger partial charge in [0.15, 0.2) is 18.0 Å². The molecule has 0 aromatic heterocycles. The number of aliphatic hydroxyl groups excluding tert-OH is 2. The maximum Gasteiger partial charge on any atom is 0.338 e. The highest BCUT2D eigenvalue weighted by Gasteiger charge is 2.77. The van der Waals surface area contributed by atoms with Crippen molar-refractivity contribution in [3.05, 3.63) is 119 Å². The van der Waals surface area contributed by atoms with Gasteiger partial charge in [0.05, 0.1) is 35.1 Å². The van der Waals surface area contributed by atoms with Crippen molar-refractivity contribution in [3.63, 3.8) is 0 Å². The molecule has 0 unspecified atom stereocenters. The zero-order valence-electron chi connectivity index (χ0n) is 35.3. The third-order valence-corrected chi connectivity index (χ3v) is 13.7. The fraction of sp³-hybridized carbons (Fsp3) is 0.447. The highest BCUT2D eigenvalue weighted by Crippen LogP contribution is 2.63. The van der Waals surface area contributed by atoms with Crippen LogP contribution < -0.4 is 10.6 Å². The third kappa shape index (κ3) is 7.29. The predicted octanol–water partition coefficient (Wildman–Crippen LogP) is 3.31. The van der Waals surface area contributed by atoms with Gasteiger partial charge in [-0.15, -0.1) is 0 Å². The molecule has 15 heteroatoms. The Morgan fingerprint density at radius 2 is 1.40 bits per heavy atom. The summed E-state index contributed by atoms with van der Waals surface area (Å²) >= 11 is 0. The Hall–Kier alpha value is -5.74. The number of amides is 1. The molecule has 7 rings (SSSR count). The van der Waals surface area contributed by atoms with E-state index in [0.29, 0.717) is 5.56 Å². The van der Waals surface area contributed by atoms with Crippen LogP contribution >= 0.6 is 0 Å². The molecule has 0 radical (unpaired) electrons. The van der Waals surface area contributed by atoms with Crippen LogP contribution in [0.25, 0.3) is 0 Å². The molecule has 62 heavy (non-hydrogen) atoms. The first-order chi connectivity index (χ1) is 29.3. The van der Waals surface area contributed by atoms with Crippen molar-refractivity contribution in [2.45, 2.75) is 108 Å². The largest absolute Gasteiger partial charge is 0.456 e. The quantitative estimate of drug-likeness (QED) is 0.112. The summed E-state index contributed by atoms with van der Waals surface area (Å²) in [5, 5.41) is 43.5. The number of Topliss-reactive ketones (excluding diaryl/α,β-unsaturated/α-hetero) is 1. The van der Waals surface area contributed by atoms with Gasteiger partial charge in [-0.3, -0.25) is 19.2 Å². The third-order valence-electron chi connectivity index (χ3n) is 13.7. The lowest BCUT2D eigenvalue weighted by atomic mass is 9.44. The lowest BCUT2D eigenvalue weighted by Gasteiger charge is -2.68. The van der Waals surface area contributed by atoms with Gasteiger partial charge in [0.1, 0.15) is 23.4 Å². The second kappa shape index (κ2) is 16.5. The standard InChI is InChI=1S/C47H52N2O13/c1-25-31(60-43(57)36(53)35(28-16-10-7-11-17-28)49-41(55)29-18-12-8-13-19-29)23-47(58)40(61-42(56)30-20-14-9-15-21-30)38-45(6,33(52)22-32-46(38,24-48-32)62-27(3)51)39(54)37(59-26(2)50)34(25)44(47,4)5/h7-21,31-33,35-38,40,48,52-53,58H,22-24H2,1-6H3,(H,49,55)/t31-,32+,33-,35-,36+,37+,38-,40-,45+,46-,47+/m0/s1. The number of benzene rings is 3. The van der Waals surface area contributed by atoms with Gasteiger partial charge in [0, 0.05) is 37.8 Å². The maximum atomic E-state index is 15.5. The number of esters is 4. The first-order valence-corrected chi connectivity index (χ1v) is 20.6. The molecule has 1 amide bonds. The van der Waals surface area contributed by atoms with Gasteiger partial charge in [-0.2, -0.15) is 0 Å². The number of aliphatic hydroxyl groups is 3. The highest BCUT2D eigenvalue weighted by atomic mass is 16.6. The SMILES string of the molecule is CC(=O)O[C@H]1C(=O)[C@@]2(C)[C@H]([C@H](OC(=O)c3ccccc3)[C@]3(O)C[C@H](OC(=O)[C@H](O)[C@@H](NC(=O)c4ccccc4)c4ccccc4)C(C)=C1C3(C)C)[C@]1(OC(C)=O)CN[C@@H]1C[C@@H]2O. The minimum Gasteiger partial charge on any atom is -0.456 e. The van der Waals surface area contributed by atoms with Gasteiger partial charge >= 0.3 is 23.9 Å². The number of fused-ring (bicyclic) bond motifs is 5. The number of ether oxygens (including phenoxy) is 4. The van der Waals surface area contributed by atoms with Crippen LogP contribution in [-0.2, 0) is 38.1 Å². The fourth-order valence-electron chi connectivity index (χ4n) is 10.3. The van der Waals surface area contributed by atoms with E-state index in [1.807, 2.05) is 0 Å². The zero-order chi connectivity index (χ0) is 44.9. The summed E-state index contributed by atoms with van der Waals surface area (Å²) in [4.78, 5) is 83.5. The van der Waals surface area contributed by atoms with Crippen molar-refractivity contribution < 1.29 is 63.0 Å². The first-order valence-electron chi connectivity index (χ1n) is 20.6. The van der Waals surface area contributed by atoms with Crippen LogP contribution in [0, 0.1) is 16.7 Å². The summed E-state index contributed by atoms with van der Waals surface area (Å²) in [6, 6.07) is 22.3. The van der Waals surface area contributed by atoms with E-state index in [1.165, 1.54) is 32.9 Å². The Balaban J connectivity index is 1.39. The Morgan fingerprint density at radius 1 is 0.823 bits per heavy atom. The number of hydrogen-bond acceptors (Lipinski definition) is 14. The molecule has 1 aliphatic heterocycles. The van der Waals surface area contributed by atoms with E-state index in [1.54, 1.807) is 92.7 Å². The van der Waals surface area contributed by atoms with Crippen molar-refractivity contribution in [3.8, 4) is 0 Å². The normalized spacial score (nSPS) is 31.9. The van der Waals surface area contributed by atoms with E-state index in [0.717, 1.165) is 6.92 Å². The summed E-state index contributed by atoms with van der Waals surface area (Å²) < 4.78 is 24.5. The predicted molar refractivity (Wildman–Crippen MR) is 220 cm³/mol. The smallest absolute Gasteiger partial charge is 0.338 e. The lowest BCUT2D eigenvalue weighted by Crippen LogP contribution is -2.85. The summed E-state index contributed by atoms with van der Waals surface area (Å²) in [7, 11) is 0. The minimum atomic E-state index is -2.36. The molecule has 2 bridgehead atoms. The maximum absolute atomic E-state index is 15.5. The average Bonchev–Trinajstić information content (AvgIpc) is 3.24. The topological polar surface area (TPSA) is 224 Å². The van der Waals surface area contributed by atoms with E-state index >= 15 is 4.79 Å². The van der Waals surface area contributed by atoms with Gasteiger partial charge in [0.2, 0.25) is 0 Å². The number of ketones is 1. The van der Waals surface area contributed by atoms with E-state index < -0.39 is 113 Å². The van der Waals surface area contributed by atoms with Crippen LogP contribution in [0.5, 0.6) is 0 Å². The number of nitrogens with one attached hydrogen (secondary N) is 2. The van der Waals surface area contributed by atoms with Crippen LogP contribution in [0.1, 0.15) is 86.7 Å². The zero-order valence-corrected chi connectivity index (χ0v) is 35.3. The Kier molecular flexibility index (Phi) is 11.8. The molecule has 328 valence electrons. The summed E-state index contributed by atoms with van der Waals surface area (Å²) in [5.74, 6) is -6.66. The van der Waals surface area contributed by atoms with Gasteiger partial charge in [0.25, 0.3) is 5.91 Å². The molecule has 11 atom stereocenters. The summed E-state index contributed by atoms with van der Waals surface area (Å²) in [6.07, 6.45) is -9.21. The second-order valence-electron chi connectivity index (χ2n) is 17.5. The molecule has 5 N–H and O–H groups in total. The van der Waals surface area contributed by atoms with Crippen LogP contribution in [0.4, 0.5) is 0 Å². The Bertz CT molecular complexity index is 2280. The molecular formula is C47H52N2O13. The van der Waals surface area contributed by atoms with Crippen molar-refractivity contribution >= 4 is 35.6 Å². The minimum absolute atomic E-state index is 0.0127. The molecule has 4 aliphatic rings. The van der Waals surface area contributed by atoms with E-state index in [9.17, 15) is 39.3 Å². The summed E-state index contributed by atoms with van der Waals surface area (Å²) in [6.45, 7) is 8.33. The Morgan fingerprint density at radius 3 is 1.95 bits per heavy atom. The van der Waals surface area contributed by atoms with Crippen LogP contribution in [0.2, 0.25) is 0 Å². The Labute approximate surface area is 358 Å². The van der Waals surface area contributed by atoms with E-state index in [-0.39, 0.29) is 35.2 Å². The van der Waals surface area contributed by atoms with Crippen LogP contribution in [-0.4, -0.2) is 105 Å². The van der Waals surface area contributed by atoms with Crippen LogP contribution in [0.3, 0.4) is 0 Å². The molecule has 3 aliphatic carbocycles. The molecule has 15 nitrogen and oxygen atoms in total. The van der Waals surface area contributed by atoms with Crippen LogP contribution in [0.15, 0.2) is 102 Å². The highest BCUT2D eigenvalue weighted by molar-refractivity contribution is 5.96. The number of hydrogen-bond donors (Lipinski definition) is 5. The van der Waals surface area contributed by atoms with Gasteiger partial charge < -0.3 is 44.9 Å². The van der Waals surface area contributed by atoms with E-state index in [4.69, 9.17) is 18.9 Å².